The first kappa shape index (κ1) is 16.7. The molecule has 0 aromatic carbocycles. The van der Waals surface area contributed by atoms with Crippen LogP contribution in [0.25, 0.3) is 0 Å². The summed E-state index contributed by atoms with van der Waals surface area (Å²) in [5.41, 5.74) is -0.265. The first-order valence-corrected chi connectivity index (χ1v) is 7.83. The molecule has 5 nitrogen and oxygen atoms in total. The molecule has 1 aliphatic rings. The highest BCUT2D eigenvalue weighted by atomic mass is 35.5. The van der Waals surface area contributed by atoms with Crippen LogP contribution in [0, 0.1) is 5.92 Å². The Morgan fingerprint density at radius 3 is 2.73 bits per heavy atom. The fourth-order valence-electron chi connectivity index (χ4n) is 2.87. The molecule has 22 heavy (non-hydrogen) atoms. The summed E-state index contributed by atoms with van der Waals surface area (Å²) in [6.07, 6.45) is 4.66. The van der Waals surface area contributed by atoms with E-state index in [1.54, 1.807) is 18.3 Å². The Morgan fingerprint density at radius 2 is 2.14 bits per heavy atom. The van der Waals surface area contributed by atoms with E-state index in [0.29, 0.717) is 29.5 Å². The molecule has 1 heterocycles. The number of carbonyl (C=O) groups excluding carboxylic acids is 2. The Kier molecular flexibility index (Phi) is 5.40. The lowest BCUT2D eigenvalue weighted by Crippen LogP contribution is -2.57. The van der Waals surface area contributed by atoms with Crippen molar-refractivity contribution in [2.75, 3.05) is 7.11 Å². The molecule has 0 radical (unpaired) electrons. The van der Waals surface area contributed by atoms with Gasteiger partial charge in [-0.05, 0) is 43.2 Å². The van der Waals surface area contributed by atoms with Crippen molar-refractivity contribution in [2.24, 2.45) is 5.92 Å². The van der Waals surface area contributed by atoms with Crippen LogP contribution in [0.2, 0.25) is 5.15 Å². The van der Waals surface area contributed by atoms with E-state index in [4.69, 9.17) is 16.3 Å². The zero-order valence-corrected chi connectivity index (χ0v) is 13.7. The summed E-state index contributed by atoms with van der Waals surface area (Å²) in [4.78, 5) is 28.5. The van der Waals surface area contributed by atoms with E-state index in [1.807, 2.05) is 0 Å². The monoisotopic (exact) mass is 324 g/mol. The molecule has 1 aliphatic carbocycles. The summed E-state index contributed by atoms with van der Waals surface area (Å²) in [5, 5.41) is 3.19. The molecule has 0 atom stereocenters. The molecule has 2 rings (SSSR count). The molecule has 0 saturated heterocycles. The summed E-state index contributed by atoms with van der Waals surface area (Å²) in [5.74, 6) is -0.0534. The van der Waals surface area contributed by atoms with Gasteiger partial charge in [-0.25, -0.2) is 9.78 Å². The Bertz CT molecular complexity index is 554. The van der Waals surface area contributed by atoms with Gasteiger partial charge in [-0.2, -0.15) is 0 Å². The fourth-order valence-corrected chi connectivity index (χ4v) is 3.05. The van der Waals surface area contributed by atoms with Gasteiger partial charge >= 0.3 is 5.97 Å². The molecule has 0 aliphatic heterocycles. The average Bonchev–Trinajstić information content (AvgIpc) is 2.51. The Morgan fingerprint density at radius 1 is 1.45 bits per heavy atom. The Hall–Kier alpha value is -1.62. The summed E-state index contributed by atoms with van der Waals surface area (Å²) in [6.45, 7) is 2.15. The van der Waals surface area contributed by atoms with Crippen molar-refractivity contribution in [1.82, 2.24) is 10.3 Å². The number of ether oxygens (including phenoxy) is 1. The zero-order valence-electron chi connectivity index (χ0n) is 12.9. The highest BCUT2D eigenvalue weighted by Crippen LogP contribution is 2.33. The molecule has 120 valence electrons. The molecule has 1 N–H and O–H groups in total. The van der Waals surface area contributed by atoms with Crippen molar-refractivity contribution >= 4 is 23.5 Å². The first-order valence-electron chi connectivity index (χ1n) is 7.45. The number of hydrogen-bond acceptors (Lipinski definition) is 4. The maximum Gasteiger partial charge on any atom is 0.331 e. The minimum absolute atomic E-state index is 0.0982. The third-order valence-corrected chi connectivity index (χ3v) is 4.61. The number of halogens is 1. The molecule has 1 fully saturated rings. The maximum absolute atomic E-state index is 12.3. The summed E-state index contributed by atoms with van der Waals surface area (Å²) < 4.78 is 4.91. The number of rotatable bonds is 4. The molecule has 0 bridgehead atoms. The largest absolute Gasteiger partial charge is 0.467 e. The predicted molar refractivity (Wildman–Crippen MR) is 83.5 cm³/mol. The van der Waals surface area contributed by atoms with Gasteiger partial charge in [-0.15, -0.1) is 0 Å². The SMILES string of the molecule is COC(=O)C1(NC(=O)Cc2cccnc2Cl)CCC(C)CC1. The van der Waals surface area contributed by atoms with Gasteiger partial charge in [0.1, 0.15) is 10.7 Å². The summed E-state index contributed by atoms with van der Waals surface area (Å²) >= 11 is 5.97. The highest BCUT2D eigenvalue weighted by molar-refractivity contribution is 6.30. The van der Waals surface area contributed by atoms with Gasteiger partial charge in [0.05, 0.1) is 13.5 Å². The summed E-state index contributed by atoms with van der Waals surface area (Å²) in [7, 11) is 1.35. The second kappa shape index (κ2) is 7.09. The van der Waals surface area contributed by atoms with Gasteiger partial charge in [0.15, 0.2) is 0 Å². The molecule has 1 aromatic heterocycles. The van der Waals surface area contributed by atoms with Gasteiger partial charge in [-0.3, -0.25) is 4.79 Å². The smallest absolute Gasteiger partial charge is 0.331 e. The average molecular weight is 325 g/mol. The summed E-state index contributed by atoms with van der Waals surface area (Å²) in [6, 6.07) is 3.48. The lowest BCUT2D eigenvalue weighted by Gasteiger charge is -2.37. The van der Waals surface area contributed by atoms with Gasteiger partial charge < -0.3 is 10.1 Å². The van der Waals surface area contributed by atoms with Crippen LogP contribution in [-0.4, -0.2) is 29.5 Å². The number of hydrogen-bond donors (Lipinski definition) is 1. The van der Waals surface area contributed by atoms with Crippen LogP contribution in [0.1, 0.15) is 38.2 Å². The van der Waals surface area contributed by atoms with Gasteiger partial charge in [0.25, 0.3) is 0 Å². The highest BCUT2D eigenvalue weighted by Gasteiger charge is 2.43. The topological polar surface area (TPSA) is 68.3 Å². The van der Waals surface area contributed by atoms with Crippen LogP contribution in [0.15, 0.2) is 18.3 Å². The van der Waals surface area contributed by atoms with E-state index in [2.05, 4.69) is 17.2 Å². The van der Waals surface area contributed by atoms with Crippen LogP contribution in [0.5, 0.6) is 0 Å². The van der Waals surface area contributed by atoms with Crippen molar-refractivity contribution in [3.05, 3.63) is 29.0 Å². The first-order chi connectivity index (χ1) is 10.5. The number of aromatic nitrogens is 1. The number of esters is 1. The molecule has 0 spiro atoms. The molecular formula is C16H21ClN2O3. The van der Waals surface area contributed by atoms with Gasteiger partial charge in [0.2, 0.25) is 5.91 Å². The second-order valence-electron chi connectivity index (χ2n) is 5.93. The number of nitrogens with zero attached hydrogens (tertiary/aromatic N) is 1. The Labute approximate surface area is 135 Å². The molecule has 0 unspecified atom stereocenters. The minimum atomic E-state index is -0.910. The number of nitrogens with one attached hydrogen (secondary N) is 1. The van der Waals surface area contributed by atoms with E-state index >= 15 is 0 Å². The van der Waals surface area contributed by atoms with Crippen LogP contribution in [-0.2, 0) is 20.7 Å². The number of carbonyl (C=O) groups is 2. The predicted octanol–water partition coefficient (Wildman–Crippen LogP) is 2.52. The van der Waals surface area contributed by atoms with Gasteiger partial charge in [0, 0.05) is 6.20 Å². The van der Waals surface area contributed by atoms with Crippen molar-refractivity contribution in [1.29, 1.82) is 0 Å². The minimum Gasteiger partial charge on any atom is -0.467 e. The molecular weight excluding hydrogens is 304 g/mol. The van der Waals surface area contributed by atoms with Crippen molar-refractivity contribution in [3.63, 3.8) is 0 Å². The molecule has 1 aromatic rings. The Balaban J connectivity index is 2.09. The molecule has 1 saturated carbocycles. The lowest BCUT2D eigenvalue weighted by molar-refractivity contribution is -0.153. The fraction of sp³-hybridized carbons (Fsp3) is 0.562. The van der Waals surface area contributed by atoms with E-state index in [9.17, 15) is 9.59 Å². The third kappa shape index (κ3) is 3.77. The molecule has 1 amide bonds. The lowest BCUT2D eigenvalue weighted by atomic mass is 9.77. The second-order valence-corrected chi connectivity index (χ2v) is 6.29. The van der Waals surface area contributed by atoms with E-state index in [0.717, 1.165) is 12.8 Å². The van der Waals surface area contributed by atoms with Crippen LogP contribution in [0.3, 0.4) is 0 Å². The van der Waals surface area contributed by atoms with Crippen molar-refractivity contribution in [3.8, 4) is 0 Å². The van der Waals surface area contributed by atoms with Crippen LogP contribution < -0.4 is 5.32 Å². The number of pyridine rings is 1. The van der Waals surface area contributed by atoms with Gasteiger partial charge in [-0.1, -0.05) is 24.6 Å². The molecule has 6 heteroatoms. The zero-order chi connectivity index (χ0) is 16.2. The number of amides is 1. The van der Waals surface area contributed by atoms with Crippen LogP contribution >= 0.6 is 11.6 Å². The van der Waals surface area contributed by atoms with E-state index in [-0.39, 0.29) is 18.3 Å². The normalized spacial score (nSPS) is 24.6. The van der Waals surface area contributed by atoms with Crippen molar-refractivity contribution in [2.45, 2.75) is 44.6 Å². The maximum atomic E-state index is 12.3. The van der Waals surface area contributed by atoms with Crippen molar-refractivity contribution < 1.29 is 14.3 Å². The van der Waals surface area contributed by atoms with E-state index in [1.165, 1.54) is 7.11 Å². The number of methoxy groups -OCH3 is 1. The van der Waals surface area contributed by atoms with E-state index < -0.39 is 5.54 Å². The quantitative estimate of drug-likeness (QED) is 0.682. The third-order valence-electron chi connectivity index (χ3n) is 4.27. The van der Waals surface area contributed by atoms with Crippen LogP contribution in [0.4, 0.5) is 0 Å². The standard InChI is InChI=1S/C16H21ClN2O3/c1-11-5-7-16(8-6-11,15(21)22-2)19-13(20)10-12-4-3-9-18-14(12)17/h3-4,9,11H,5-8,10H2,1-2H3,(H,19,20).